The van der Waals surface area contributed by atoms with Crippen LogP contribution in [0.2, 0.25) is 0 Å². The van der Waals surface area contributed by atoms with Crippen LogP contribution in [-0.2, 0) is 5.41 Å². The molecule has 0 radical (unpaired) electrons. The molecule has 0 saturated heterocycles. The highest BCUT2D eigenvalue weighted by Gasteiger charge is 2.17. The Balaban J connectivity index is 1.52. The Kier molecular flexibility index (Phi) is 4.43. The van der Waals surface area contributed by atoms with Crippen molar-refractivity contribution < 1.29 is 4.79 Å². The van der Waals surface area contributed by atoms with Gasteiger partial charge in [0.1, 0.15) is 0 Å². The fourth-order valence-electron chi connectivity index (χ4n) is 2.76. The molecule has 8 heteroatoms. The number of carbonyl (C=O) groups is 1. The van der Waals surface area contributed by atoms with Crippen molar-refractivity contribution >= 4 is 28.2 Å². The SMILES string of the molecule is Cc1ccnc2nc(C(=O)Nc3nc(-c4ccc(C(C)(C)C)cc4)cs3)nn12. The first-order valence-corrected chi connectivity index (χ1v) is 9.75. The van der Waals surface area contributed by atoms with Crippen LogP contribution in [0.3, 0.4) is 0 Å². The number of fused-ring (bicyclic) bond motifs is 1. The van der Waals surface area contributed by atoms with Crippen LogP contribution in [0.1, 0.15) is 42.6 Å². The summed E-state index contributed by atoms with van der Waals surface area (Å²) >= 11 is 1.37. The first-order valence-electron chi connectivity index (χ1n) is 8.87. The van der Waals surface area contributed by atoms with E-state index in [1.54, 1.807) is 16.8 Å². The van der Waals surface area contributed by atoms with E-state index in [1.807, 2.05) is 12.3 Å². The largest absolute Gasteiger partial charge is 0.297 e. The number of carbonyl (C=O) groups excluding carboxylic acids is 1. The van der Waals surface area contributed by atoms with Crippen molar-refractivity contribution in [2.24, 2.45) is 0 Å². The number of hydrogen-bond donors (Lipinski definition) is 1. The minimum Gasteiger partial charge on any atom is -0.295 e. The van der Waals surface area contributed by atoms with Crippen LogP contribution in [0.4, 0.5) is 5.13 Å². The predicted molar refractivity (Wildman–Crippen MR) is 110 cm³/mol. The third-order valence-corrected chi connectivity index (χ3v) is 5.16. The molecule has 1 amide bonds. The second kappa shape index (κ2) is 6.79. The minimum absolute atomic E-state index is 0.0630. The van der Waals surface area contributed by atoms with Gasteiger partial charge in [0, 0.05) is 22.8 Å². The molecule has 0 aliphatic rings. The number of nitrogens with one attached hydrogen (secondary N) is 1. The molecular weight excluding hydrogens is 372 g/mol. The van der Waals surface area contributed by atoms with Gasteiger partial charge in [-0.3, -0.25) is 10.1 Å². The van der Waals surface area contributed by atoms with Gasteiger partial charge in [0.15, 0.2) is 5.13 Å². The van der Waals surface area contributed by atoms with Crippen LogP contribution in [0.15, 0.2) is 41.9 Å². The van der Waals surface area contributed by atoms with Crippen molar-refractivity contribution in [1.29, 1.82) is 0 Å². The third kappa shape index (κ3) is 3.50. The number of benzene rings is 1. The number of hydrogen-bond acceptors (Lipinski definition) is 6. The van der Waals surface area contributed by atoms with Gasteiger partial charge in [0.05, 0.1) is 5.69 Å². The Bertz CT molecular complexity index is 1150. The number of anilines is 1. The van der Waals surface area contributed by atoms with Gasteiger partial charge in [0.2, 0.25) is 5.82 Å². The average Bonchev–Trinajstić information content (AvgIpc) is 3.29. The van der Waals surface area contributed by atoms with E-state index in [0.717, 1.165) is 17.0 Å². The fraction of sp³-hybridized carbons (Fsp3) is 0.250. The molecule has 28 heavy (non-hydrogen) atoms. The van der Waals surface area contributed by atoms with Crippen LogP contribution in [0, 0.1) is 6.92 Å². The number of aromatic nitrogens is 5. The molecule has 0 unspecified atom stereocenters. The summed E-state index contributed by atoms with van der Waals surface area (Å²) in [6.07, 6.45) is 1.64. The zero-order valence-electron chi connectivity index (χ0n) is 16.1. The standard InChI is InChI=1S/C20H20N6OS/c1-12-9-10-21-18-23-16(25-26(12)18)17(27)24-19-22-15(11-28-19)13-5-7-14(8-6-13)20(2,3)4/h5-11H,1-4H3,(H,22,24,27). The van der Waals surface area contributed by atoms with Crippen molar-refractivity contribution in [3.8, 4) is 11.3 Å². The molecule has 142 valence electrons. The smallest absolute Gasteiger partial charge is 0.295 e. The Hall–Kier alpha value is -3.13. The summed E-state index contributed by atoms with van der Waals surface area (Å²) in [6.45, 7) is 8.43. The van der Waals surface area contributed by atoms with Gasteiger partial charge in [-0.2, -0.15) is 4.98 Å². The number of amides is 1. The molecule has 0 spiro atoms. The molecule has 0 aliphatic heterocycles. The molecule has 3 aromatic heterocycles. The van der Waals surface area contributed by atoms with Crippen LogP contribution in [0.25, 0.3) is 17.0 Å². The predicted octanol–water partition coefficient (Wildman–Crippen LogP) is 4.11. The van der Waals surface area contributed by atoms with Gasteiger partial charge in [-0.15, -0.1) is 16.4 Å². The van der Waals surface area contributed by atoms with Crippen molar-refractivity contribution in [1.82, 2.24) is 24.6 Å². The first-order chi connectivity index (χ1) is 13.3. The fourth-order valence-corrected chi connectivity index (χ4v) is 3.48. The number of aryl methyl sites for hydroxylation is 1. The Labute approximate surface area is 166 Å². The Morgan fingerprint density at radius 3 is 2.54 bits per heavy atom. The third-order valence-electron chi connectivity index (χ3n) is 4.40. The quantitative estimate of drug-likeness (QED) is 0.567. The van der Waals surface area contributed by atoms with E-state index in [9.17, 15) is 4.79 Å². The van der Waals surface area contributed by atoms with Crippen molar-refractivity contribution in [2.45, 2.75) is 33.1 Å². The normalized spacial score (nSPS) is 11.7. The minimum atomic E-state index is -0.408. The van der Waals surface area contributed by atoms with Crippen LogP contribution >= 0.6 is 11.3 Å². The van der Waals surface area contributed by atoms with E-state index >= 15 is 0 Å². The molecule has 0 aliphatic carbocycles. The highest BCUT2D eigenvalue weighted by molar-refractivity contribution is 7.14. The Morgan fingerprint density at radius 2 is 1.86 bits per heavy atom. The Morgan fingerprint density at radius 1 is 1.11 bits per heavy atom. The summed E-state index contributed by atoms with van der Waals surface area (Å²) in [6, 6.07) is 10.1. The zero-order valence-corrected chi connectivity index (χ0v) is 16.9. The lowest BCUT2D eigenvalue weighted by Crippen LogP contribution is -2.13. The maximum atomic E-state index is 12.5. The van der Waals surface area contributed by atoms with E-state index in [2.05, 4.69) is 70.4 Å². The lowest BCUT2D eigenvalue weighted by Gasteiger charge is -2.18. The van der Waals surface area contributed by atoms with Gasteiger partial charge in [-0.1, -0.05) is 45.0 Å². The maximum Gasteiger partial charge on any atom is 0.297 e. The molecular formula is C20H20N6OS. The second-order valence-electron chi connectivity index (χ2n) is 7.55. The monoisotopic (exact) mass is 392 g/mol. The number of nitrogens with zero attached hydrogens (tertiary/aromatic N) is 5. The highest BCUT2D eigenvalue weighted by atomic mass is 32.1. The summed E-state index contributed by atoms with van der Waals surface area (Å²) in [5.74, 6) is 0.0471. The molecule has 7 nitrogen and oxygen atoms in total. The topological polar surface area (TPSA) is 85.1 Å². The van der Waals surface area contributed by atoms with Crippen LogP contribution in [-0.4, -0.2) is 30.5 Å². The summed E-state index contributed by atoms with van der Waals surface area (Å²) in [4.78, 5) is 25.3. The second-order valence-corrected chi connectivity index (χ2v) is 8.41. The summed E-state index contributed by atoms with van der Waals surface area (Å²) in [5, 5.41) is 9.40. The van der Waals surface area contributed by atoms with Gasteiger partial charge in [-0.25, -0.2) is 14.5 Å². The van der Waals surface area contributed by atoms with Gasteiger partial charge >= 0.3 is 0 Å². The molecule has 4 aromatic rings. The van der Waals surface area contributed by atoms with E-state index in [1.165, 1.54) is 16.9 Å². The van der Waals surface area contributed by atoms with Crippen molar-refractivity contribution in [3.05, 3.63) is 59.0 Å². The number of thiazole rings is 1. The summed E-state index contributed by atoms with van der Waals surface area (Å²) in [7, 11) is 0. The molecule has 0 fully saturated rings. The van der Waals surface area contributed by atoms with Gasteiger partial charge in [0.25, 0.3) is 11.7 Å². The maximum absolute atomic E-state index is 12.5. The van der Waals surface area contributed by atoms with Gasteiger partial charge < -0.3 is 0 Å². The van der Waals surface area contributed by atoms with Crippen molar-refractivity contribution in [2.75, 3.05) is 5.32 Å². The van der Waals surface area contributed by atoms with E-state index in [4.69, 9.17) is 0 Å². The molecule has 3 heterocycles. The molecule has 0 atom stereocenters. The molecule has 1 N–H and O–H groups in total. The van der Waals surface area contributed by atoms with Gasteiger partial charge in [-0.05, 0) is 24.0 Å². The lowest BCUT2D eigenvalue weighted by molar-refractivity contribution is 0.101. The van der Waals surface area contributed by atoms with Crippen molar-refractivity contribution in [3.63, 3.8) is 0 Å². The van der Waals surface area contributed by atoms with E-state index in [-0.39, 0.29) is 11.2 Å². The van der Waals surface area contributed by atoms with Crippen LogP contribution in [0.5, 0.6) is 0 Å². The van der Waals surface area contributed by atoms with Crippen LogP contribution < -0.4 is 5.32 Å². The lowest BCUT2D eigenvalue weighted by atomic mass is 9.86. The molecule has 0 saturated carbocycles. The molecule has 4 rings (SSSR count). The van der Waals surface area contributed by atoms with E-state index in [0.29, 0.717) is 10.9 Å². The summed E-state index contributed by atoms with van der Waals surface area (Å²) in [5.41, 5.74) is 4.05. The zero-order chi connectivity index (χ0) is 19.9. The average molecular weight is 392 g/mol. The molecule has 1 aromatic carbocycles. The highest BCUT2D eigenvalue weighted by Crippen LogP contribution is 2.28. The number of rotatable bonds is 3. The summed E-state index contributed by atoms with van der Waals surface area (Å²) < 4.78 is 1.54. The van der Waals surface area contributed by atoms with E-state index < -0.39 is 5.91 Å². The molecule has 0 bridgehead atoms. The first kappa shape index (κ1) is 18.2.